The van der Waals surface area contributed by atoms with Gasteiger partial charge in [-0.05, 0) is 29.7 Å². The molecule has 0 saturated carbocycles. The predicted octanol–water partition coefficient (Wildman–Crippen LogP) is 4.64. The zero-order valence-corrected chi connectivity index (χ0v) is 21.1. The van der Waals surface area contributed by atoms with Crippen molar-refractivity contribution in [3.63, 3.8) is 0 Å². The molecule has 0 spiro atoms. The molecule has 7 nitrogen and oxygen atoms in total. The molecule has 0 saturated heterocycles. The van der Waals surface area contributed by atoms with Gasteiger partial charge in [-0.2, -0.15) is 0 Å². The number of amides is 1. The van der Waals surface area contributed by atoms with Crippen molar-refractivity contribution in [2.75, 3.05) is 19.4 Å². The number of hydrogen-bond donors (Lipinski definition) is 3. The highest BCUT2D eigenvalue weighted by Crippen LogP contribution is 2.16. The Labute approximate surface area is 206 Å². The minimum absolute atomic E-state index is 0. The maximum atomic E-state index is 11.7. The molecule has 2 aromatic carbocycles. The quantitative estimate of drug-likeness (QED) is 0.218. The van der Waals surface area contributed by atoms with Crippen molar-refractivity contribution in [2.45, 2.75) is 32.9 Å². The fraction of sp³-hybridized carbons (Fsp3) is 0.292. The molecule has 0 unspecified atom stereocenters. The Balaban J connectivity index is 0.00000363. The Morgan fingerprint density at radius 2 is 1.84 bits per heavy atom. The van der Waals surface area contributed by atoms with Crippen LogP contribution in [-0.4, -0.2) is 40.8 Å². The molecule has 1 aromatic heterocycles. The van der Waals surface area contributed by atoms with Gasteiger partial charge in [0.1, 0.15) is 5.82 Å². The van der Waals surface area contributed by atoms with Crippen molar-refractivity contribution < 1.29 is 4.79 Å². The molecular formula is C24H31IN6O. The summed E-state index contributed by atoms with van der Waals surface area (Å²) in [7, 11) is 3.75. The van der Waals surface area contributed by atoms with Gasteiger partial charge in [0.05, 0.1) is 18.4 Å². The number of aromatic amines is 1. The predicted molar refractivity (Wildman–Crippen MR) is 141 cm³/mol. The lowest BCUT2D eigenvalue weighted by Gasteiger charge is -2.21. The number of benzene rings is 2. The van der Waals surface area contributed by atoms with Gasteiger partial charge in [0.2, 0.25) is 5.91 Å². The number of anilines is 1. The Kier molecular flexibility index (Phi) is 10.2. The van der Waals surface area contributed by atoms with E-state index in [9.17, 15) is 4.79 Å². The van der Waals surface area contributed by atoms with Gasteiger partial charge in [-0.15, -0.1) is 24.0 Å². The summed E-state index contributed by atoms with van der Waals surface area (Å²) in [6, 6.07) is 18.0. The molecule has 0 radical (unpaired) electrons. The van der Waals surface area contributed by atoms with Gasteiger partial charge < -0.3 is 20.5 Å². The summed E-state index contributed by atoms with van der Waals surface area (Å²) < 4.78 is 0. The van der Waals surface area contributed by atoms with Crippen molar-refractivity contribution in [2.24, 2.45) is 4.99 Å². The van der Waals surface area contributed by atoms with Gasteiger partial charge in [-0.3, -0.25) is 9.79 Å². The fourth-order valence-corrected chi connectivity index (χ4v) is 3.23. The van der Waals surface area contributed by atoms with Crippen LogP contribution in [0.4, 0.5) is 5.69 Å². The van der Waals surface area contributed by atoms with Crippen LogP contribution in [0, 0.1) is 0 Å². The molecule has 0 aliphatic rings. The molecule has 0 fully saturated rings. The monoisotopic (exact) mass is 546 g/mol. The third-order valence-corrected chi connectivity index (χ3v) is 4.84. The normalized spacial score (nSPS) is 10.9. The number of hydrogen-bond acceptors (Lipinski definition) is 3. The molecule has 0 aliphatic carbocycles. The summed E-state index contributed by atoms with van der Waals surface area (Å²) in [6.45, 7) is 3.23. The molecule has 3 aromatic rings. The molecule has 32 heavy (non-hydrogen) atoms. The number of nitrogens with one attached hydrogen (secondary N) is 3. The molecule has 3 N–H and O–H groups in total. The van der Waals surface area contributed by atoms with Crippen LogP contribution in [0.5, 0.6) is 0 Å². The van der Waals surface area contributed by atoms with Crippen LogP contribution in [0.3, 0.4) is 0 Å². The lowest BCUT2D eigenvalue weighted by Crippen LogP contribution is -2.38. The summed E-state index contributed by atoms with van der Waals surface area (Å²) in [5, 5.41) is 6.28. The molecule has 0 aliphatic heterocycles. The molecule has 8 heteroatoms. The Bertz CT molecular complexity index is 1000. The van der Waals surface area contributed by atoms with Crippen LogP contribution in [0.15, 0.2) is 65.8 Å². The summed E-state index contributed by atoms with van der Waals surface area (Å²) in [5.41, 5.74) is 4.03. The molecule has 170 valence electrons. The van der Waals surface area contributed by atoms with E-state index in [2.05, 4.69) is 37.7 Å². The zero-order chi connectivity index (χ0) is 22.1. The Morgan fingerprint density at radius 1 is 1.12 bits per heavy atom. The van der Waals surface area contributed by atoms with Crippen LogP contribution in [0.25, 0.3) is 11.3 Å². The number of H-pyrrole nitrogens is 1. The number of rotatable bonds is 8. The van der Waals surface area contributed by atoms with Gasteiger partial charge in [0, 0.05) is 32.7 Å². The van der Waals surface area contributed by atoms with E-state index in [1.807, 2.05) is 67.5 Å². The topological polar surface area (TPSA) is 85.4 Å². The van der Waals surface area contributed by atoms with Crippen molar-refractivity contribution >= 4 is 41.5 Å². The van der Waals surface area contributed by atoms with Crippen LogP contribution >= 0.6 is 24.0 Å². The second-order valence-corrected chi connectivity index (χ2v) is 7.36. The second kappa shape index (κ2) is 12.8. The minimum atomic E-state index is 0. The number of carbonyl (C=O) groups is 1. The molecule has 0 atom stereocenters. The smallest absolute Gasteiger partial charge is 0.224 e. The lowest BCUT2D eigenvalue weighted by atomic mass is 10.2. The lowest BCUT2D eigenvalue weighted by molar-refractivity contribution is -0.116. The van der Waals surface area contributed by atoms with Gasteiger partial charge in [0.25, 0.3) is 0 Å². The molecule has 1 heterocycles. The first-order valence-electron chi connectivity index (χ1n) is 10.5. The van der Waals surface area contributed by atoms with Gasteiger partial charge in [0.15, 0.2) is 5.96 Å². The highest BCUT2D eigenvalue weighted by Gasteiger charge is 2.10. The Hall–Kier alpha value is -2.88. The highest BCUT2D eigenvalue weighted by molar-refractivity contribution is 14.0. The molecule has 3 rings (SSSR count). The number of imidazole rings is 1. The van der Waals surface area contributed by atoms with E-state index in [-0.39, 0.29) is 29.9 Å². The zero-order valence-electron chi connectivity index (χ0n) is 18.8. The van der Waals surface area contributed by atoms with Gasteiger partial charge in [-0.25, -0.2) is 4.98 Å². The molecular weight excluding hydrogens is 515 g/mol. The van der Waals surface area contributed by atoms with Crippen LogP contribution in [0.1, 0.15) is 31.2 Å². The second-order valence-electron chi connectivity index (χ2n) is 7.36. The van der Waals surface area contributed by atoms with E-state index in [0.717, 1.165) is 40.7 Å². The fourth-order valence-electron chi connectivity index (χ4n) is 3.23. The minimum Gasteiger partial charge on any atom is -0.352 e. The number of guanidine groups is 1. The summed E-state index contributed by atoms with van der Waals surface area (Å²) in [4.78, 5) is 26.0. The van der Waals surface area contributed by atoms with Crippen LogP contribution in [0.2, 0.25) is 0 Å². The van der Waals surface area contributed by atoms with E-state index >= 15 is 0 Å². The summed E-state index contributed by atoms with van der Waals surface area (Å²) in [6.07, 6.45) is 3.23. The first kappa shape index (κ1) is 25.4. The molecule has 1 amide bonds. The number of aliphatic imine (C=N–C) groups is 1. The number of nitrogens with zero attached hydrogens (tertiary/aromatic N) is 3. The molecule has 0 bridgehead atoms. The maximum absolute atomic E-state index is 11.7. The van der Waals surface area contributed by atoms with Gasteiger partial charge in [-0.1, -0.05) is 49.4 Å². The van der Waals surface area contributed by atoms with Crippen molar-refractivity contribution in [1.82, 2.24) is 20.2 Å². The van der Waals surface area contributed by atoms with Crippen molar-refractivity contribution in [3.8, 4) is 11.3 Å². The average molecular weight is 546 g/mol. The van der Waals surface area contributed by atoms with E-state index in [4.69, 9.17) is 0 Å². The third kappa shape index (κ3) is 7.37. The standard InChI is InChI=1S/C24H30N6O.HI/c1-4-8-23(31)28-20-13-11-18(12-14-20)15-27-24(25-2)30(3)17-22-26-16-21(29-22)19-9-6-5-7-10-19;/h5-7,9-14,16H,4,8,15,17H2,1-3H3,(H,25,27)(H,26,29)(H,28,31);1H. The SMILES string of the molecule is CCCC(=O)Nc1ccc(CNC(=NC)N(C)Cc2ncc(-c3ccccc3)[nH]2)cc1.I. The van der Waals surface area contributed by atoms with E-state index < -0.39 is 0 Å². The highest BCUT2D eigenvalue weighted by atomic mass is 127. The first-order chi connectivity index (χ1) is 15.1. The third-order valence-electron chi connectivity index (χ3n) is 4.84. The first-order valence-corrected chi connectivity index (χ1v) is 10.5. The van der Waals surface area contributed by atoms with Crippen LogP contribution in [-0.2, 0) is 17.9 Å². The summed E-state index contributed by atoms with van der Waals surface area (Å²) in [5.74, 6) is 1.69. The number of halogens is 1. The summed E-state index contributed by atoms with van der Waals surface area (Å²) >= 11 is 0. The largest absolute Gasteiger partial charge is 0.352 e. The van der Waals surface area contributed by atoms with Crippen molar-refractivity contribution in [1.29, 1.82) is 0 Å². The number of carbonyl (C=O) groups excluding carboxylic acids is 1. The number of aromatic nitrogens is 2. The van der Waals surface area contributed by atoms with Gasteiger partial charge >= 0.3 is 0 Å². The van der Waals surface area contributed by atoms with Crippen LogP contribution < -0.4 is 10.6 Å². The van der Waals surface area contributed by atoms with E-state index in [1.165, 1.54) is 0 Å². The van der Waals surface area contributed by atoms with Crippen molar-refractivity contribution in [3.05, 3.63) is 72.2 Å². The average Bonchev–Trinajstić information content (AvgIpc) is 3.24. The maximum Gasteiger partial charge on any atom is 0.224 e. The Morgan fingerprint density at radius 3 is 2.50 bits per heavy atom. The van der Waals surface area contributed by atoms with E-state index in [0.29, 0.717) is 19.5 Å². The van der Waals surface area contributed by atoms with E-state index in [1.54, 1.807) is 7.05 Å².